The third-order valence-corrected chi connectivity index (χ3v) is 3.25. The standard InChI is InChI=1S/C15H12ClNO/c16-13-6-3-4-11(8-13)9-17-10-12-5-1-2-7-14(12)15(17)18/h1-8,10,18H,9H2. The SMILES string of the molecule is Oc1c2ccccc2cn1Cc1cccc(Cl)c1. The zero-order valence-corrected chi connectivity index (χ0v) is 10.4. The van der Waals surface area contributed by atoms with Crippen molar-refractivity contribution in [3.63, 3.8) is 0 Å². The van der Waals surface area contributed by atoms with Crippen LogP contribution in [0.4, 0.5) is 0 Å². The maximum absolute atomic E-state index is 10.2. The molecule has 3 rings (SSSR count). The summed E-state index contributed by atoms with van der Waals surface area (Å²) in [7, 11) is 0. The monoisotopic (exact) mass is 257 g/mol. The van der Waals surface area contributed by atoms with Crippen LogP contribution in [0, 0.1) is 0 Å². The summed E-state index contributed by atoms with van der Waals surface area (Å²) in [6, 6.07) is 15.5. The Kier molecular flexibility index (Phi) is 2.73. The molecule has 0 aliphatic rings. The number of hydrogen-bond donors (Lipinski definition) is 1. The van der Waals surface area contributed by atoms with E-state index in [1.807, 2.05) is 59.3 Å². The molecule has 0 radical (unpaired) electrons. The molecular weight excluding hydrogens is 246 g/mol. The minimum Gasteiger partial charge on any atom is -0.494 e. The molecule has 0 amide bonds. The van der Waals surface area contributed by atoms with Crippen molar-refractivity contribution in [1.82, 2.24) is 4.57 Å². The molecule has 0 aliphatic heterocycles. The Bertz CT molecular complexity index is 703. The van der Waals surface area contributed by atoms with Gasteiger partial charge in [-0.1, -0.05) is 41.9 Å². The van der Waals surface area contributed by atoms with Gasteiger partial charge in [0.15, 0.2) is 5.88 Å². The molecule has 0 spiro atoms. The van der Waals surface area contributed by atoms with Gasteiger partial charge in [-0.3, -0.25) is 0 Å². The maximum atomic E-state index is 10.2. The lowest BCUT2D eigenvalue weighted by Gasteiger charge is -2.05. The van der Waals surface area contributed by atoms with Crippen LogP contribution < -0.4 is 0 Å². The van der Waals surface area contributed by atoms with Gasteiger partial charge in [0.1, 0.15) is 0 Å². The molecule has 0 bridgehead atoms. The van der Waals surface area contributed by atoms with Crippen molar-refractivity contribution in [2.75, 3.05) is 0 Å². The van der Waals surface area contributed by atoms with Crippen molar-refractivity contribution in [1.29, 1.82) is 0 Å². The number of aromatic nitrogens is 1. The van der Waals surface area contributed by atoms with Gasteiger partial charge in [-0.15, -0.1) is 0 Å². The van der Waals surface area contributed by atoms with E-state index in [0.717, 1.165) is 16.3 Å². The van der Waals surface area contributed by atoms with E-state index in [-0.39, 0.29) is 0 Å². The van der Waals surface area contributed by atoms with Gasteiger partial charge in [0, 0.05) is 22.0 Å². The number of fused-ring (bicyclic) bond motifs is 1. The Hall–Kier alpha value is -1.93. The number of hydrogen-bond acceptors (Lipinski definition) is 1. The zero-order valence-electron chi connectivity index (χ0n) is 9.68. The fraction of sp³-hybridized carbons (Fsp3) is 0.0667. The third kappa shape index (κ3) is 1.95. The lowest BCUT2D eigenvalue weighted by molar-refractivity contribution is 0.430. The van der Waals surface area contributed by atoms with Crippen LogP contribution in [0.3, 0.4) is 0 Å². The maximum Gasteiger partial charge on any atom is 0.199 e. The first-order chi connectivity index (χ1) is 8.74. The zero-order chi connectivity index (χ0) is 12.5. The first-order valence-electron chi connectivity index (χ1n) is 5.75. The quantitative estimate of drug-likeness (QED) is 0.736. The minimum atomic E-state index is 0.297. The van der Waals surface area contributed by atoms with E-state index < -0.39 is 0 Å². The van der Waals surface area contributed by atoms with Crippen LogP contribution in [0.25, 0.3) is 10.8 Å². The average Bonchev–Trinajstić information content (AvgIpc) is 2.67. The van der Waals surface area contributed by atoms with Gasteiger partial charge in [0.2, 0.25) is 0 Å². The van der Waals surface area contributed by atoms with E-state index >= 15 is 0 Å². The molecule has 18 heavy (non-hydrogen) atoms. The predicted octanol–water partition coefficient (Wildman–Crippen LogP) is 4.05. The van der Waals surface area contributed by atoms with Gasteiger partial charge in [0.25, 0.3) is 0 Å². The van der Waals surface area contributed by atoms with Gasteiger partial charge < -0.3 is 9.67 Å². The van der Waals surface area contributed by atoms with Crippen LogP contribution >= 0.6 is 11.6 Å². The summed E-state index contributed by atoms with van der Waals surface area (Å²) in [5.41, 5.74) is 1.07. The summed E-state index contributed by atoms with van der Waals surface area (Å²) in [5, 5.41) is 12.8. The van der Waals surface area contributed by atoms with E-state index in [0.29, 0.717) is 17.4 Å². The minimum absolute atomic E-state index is 0.297. The smallest absolute Gasteiger partial charge is 0.199 e. The molecule has 90 valence electrons. The summed E-state index contributed by atoms with van der Waals surface area (Å²) in [6.07, 6.45) is 1.95. The Labute approximate surface area is 110 Å². The second-order valence-electron chi connectivity index (χ2n) is 4.30. The summed E-state index contributed by atoms with van der Waals surface area (Å²) < 4.78 is 1.83. The first kappa shape index (κ1) is 11.2. The molecule has 2 nitrogen and oxygen atoms in total. The lowest BCUT2D eigenvalue weighted by atomic mass is 10.2. The Balaban J connectivity index is 2.02. The molecule has 0 aliphatic carbocycles. The summed E-state index contributed by atoms with van der Waals surface area (Å²) in [4.78, 5) is 0. The van der Waals surface area contributed by atoms with Crippen molar-refractivity contribution in [2.24, 2.45) is 0 Å². The van der Waals surface area contributed by atoms with E-state index in [1.54, 1.807) is 0 Å². The molecule has 3 aromatic rings. The fourth-order valence-electron chi connectivity index (χ4n) is 2.15. The van der Waals surface area contributed by atoms with Crippen LogP contribution in [0.5, 0.6) is 5.88 Å². The van der Waals surface area contributed by atoms with Crippen LogP contribution in [0.1, 0.15) is 5.56 Å². The van der Waals surface area contributed by atoms with Crippen molar-refractivity contribution >= 4 is 22.4 Å². The van der Waals surface area contributed by atoms with Crippen LogP contribution in [0.2, 0.25) is 5.02 Å². The Morgan fingerprint density at radius 1 is 1.06 bits per heavy atom. The topological polar surface area (TPSA) is 25.2 Å². The van der Waals surface area contributed by atoms with Gasteiger partial charge in [-0.2, -0.15) is 0 Å². The number of nitrogens with zero attached hydrogens (tertiary/aromatic N) is 1. The van der Waals surface area contributed by atoms with E-state index in [2.05, 4.69) is 0 Å². The average molecular weight is 258 g/mol. The van der Waals surface area contributed by atoms with Gasteiger partial charge in [-0.25, -0.2) is 0 Å². The van der Waals surface area contributed by atoms with Crippen molar-refractivity contribution < 1.29 is 5.11 Å². The van der Waals surface area contributed by atoms with Crippen molar-refractivity contribution in [3.05, 3.63) is 65.3 Å². The van der Waals surface area contributed by atoms with Crippen LogP contribution in [-0.2, 0) is 6.54 Å². The Morgan fingerprint density at radius 2 is 1.89 bits per heavy atom. The van der Waals surface area contributed by atoms with E-state index in [9.17, 15) is 5.11 Å². The summed E-state index contributed by atoms with van der Waals surface area (Å²) in [6.45, 7) is 0.612. The number of aromatic hydroxyl groups is 1. The second kappa shape index (κ2) is 4.39. The molecular formula is C15H12ClNO. The highest BCUT2D eigenvalue weighted by Gasteiger charge is 2.07. The van der Waals surface area contributed by atoms with Crippen LogP contribution in [0.15, 0.2) is 54.7 Å². The molecule has 0 saturated heterocycles. The molecule has 3 heteroatoms. The first-order valence-corrected chi connectivity index (χ1v) is 6.13. The van der Waals surface area contributed by atoms with Crippen molar-refractivity contribution in [2.45, 2.75) is 6.54 Å². The van der Waals surface area contributed by atoms with Gasteiger partial charge >= 0.3 is 0 Å². The summed E-state index contributed by atoms with van der Waals surface area (Å²) in [5.74, 6) is 0.297. The summed E-state index contributed by atoms with van der Waals surface area (Å²) >= 11 is 5.96. The van der Waals surface area contributed by atoms with Gasteiger partial charge in [-0.05, 0) is 23.8 Å². The highest BCUT2D eigenvalue weighted by Crippen LogP contribution is 2.27. The molecule has 2 aromatic carbocycles. The molecule has 0 saturated carbocycles. The largest absolute Gasteiger partial charge is 0.494 e. The number of halogens is 1. The lowest BCUT2D eigenvalue weighted by Crippen LogP contribution is -1.96. The highest BCUT2D eigenvalue weighted by atomic mass is 35.5. The molecule has 1 N–H and O–H groups in total. The molecule has 0 atom stereocenters. The fourth-order valence-corrected chi connectivity index (χ4v) is 2.36. The second-order valence-corrected chi connectivity index (χ2v) is 4.73. The van der Waals surface area contributed by atoms with Crippen molar-refractivity contribution in [3.8, 4) is 5.88 Å². The highest BCUT2D eigenvalue weighted by molar-refractivity contribution is 6.30. The normalized spacial score (nSPS) is 10.9. The van der Waals surface area contributed by atoms with E-state index in [4.69, 9.17) is 11.6 Å². The third-order valence-electron chi connectivity index (χ3n) is 3.01. The molecule has 1 heterocycles. The molecule has 0 fully saturated rings. The Morgan fingerprint density at radius 3 is 2.67 bits per heavy atom. The predicted molar refractivity (Wildman–Crippen MR) is 74.2 cm³/mol. The van der Waals surface area contributed by atoms with E-state index in [1.165, 1.54) is 0 Å². The van der Waals surface area contributed by atoms with Gasteiger partial charge in [0.05, 0.1) is 6.54 Å². The van der Waals surface area contributed by atoms with Crippen LogP contribution in [-0.4, -0.2) is 9.67 Å². The number of rotatable bonds is 2. The molecule has 1 aromatic heterocycles. The number of benzene rings is 2. The molecule has 0 unspecified atom stereocenters.